The monoisotopic (exact) mass is 308 g/mol. The van der Waals surface area contributed by atoms with E-state index in [1.165, 1.54) is 19.3 Å². The normalized spacial score (nSPS) is 16.2. The van der Waals surface area contributed by atoms with Crippen LogP contribution in [0.5, 0.6) is 5.75 Å². The van der Waals surface area contributed by atoms with E-state index in [9.17, 15) is 4.79 Å². The number of carbonyl (C=O) groups is 1. The Hall–Kier alpha value is -1.02. The summed E-state index contributed by atoms with van der Waals surface area (Å²) in [5, 5.41) is 0.772. The molecule has 1 aliphatic rings. The van der Waals surface area contributed by atoms with Crippen molar-refractivity contribution in [3.8, 4) is 5.75 Å². The number of Topliss-reactive ketones (excluding diaryl/α,β-unsaturated/α-hetero) is 1. The third-order valence-electron chi connectivity index (χ3n) is 4.35. The van der Waals surface area contributed by atoms with Crippen LogP contribution in [0.25, 0.3) is 0 Å². The van der Waals surface area contributed by atoms with E-state index in [1.54, 1.807) is 0 Å². The molecule has 1 fully saturated rings. The molecule has 0 saturated heterocycles. The summed E-state index contributed by atoms with van der Waals surface area (Å²) in [6, 6.07) is 3.91. The molecule has 1 aliphatic carbocycles. The fraction of sp³-hybridized carbons (Fsp3) is 0.611. The van der Waals surface area contributed by atoms with Gasteiger partial charge in [0.1, 0.15) is 12.4 Å². The summed E-state index contributed by atoms with van der Waals surface area (Å²) in [4.78, 5) is 12.2. The van der Waals surface area contributed by atoms with Crippen LogP contribution in [-0.4, -0.2) is 12.4 Å². The molecule has 116 valence electrons. The largest absolute Gasteiger partial charge is 0.486 e. The minimum Gasteiger partial charge on any atom is -0.486 e. The van der Waals surface area contributed by atoms with E-state index in [0.717, 1.165) is 34.7 Å². The smallest absolute Gasteiger partial charge is 0.173 e. The second-order valence-corrected chi connectivity index (χ2v) is 6.79. The lowest BCUT2D eigenvalue weighted by molar-refractivity contribution is -0.125. The van der Waals surface area contributed by atoms with E-state index in [0.29, 0.717) is 5.92 Å². The van der Waals surface area contributed by atoms with E-state index in [2.05, 4.69) is 13.8 Å². The molecule has 0 amide bonds. The molecular weight excluding hydrogens is 284 g/mol. The van der Waals surface area contributed by atoms with Crippen molar-refractivity contribution in [2.24, 2.45) is 5.92 Å². The molecule has 2 nitrogen and oxygen atoms in total. The maximum atomic E-state index is 12.2. The number of halogens is 1. The molecule has 21 heavy (non-hydrogen) atoms. The first-order valence-electron chi connectivity index (χ1n) is 7.94. The van der Waals surface area contributed by atoms with Crippen molar-refractivity contribution in [2.75, 3.05) is 6.61 Å². The Kier molecular flexibility index (Phi) is 5.69. The van der Waals surface area contributed by atoms with Gasteiger partial charge in [0.25, 0.3) is 0 Å². The van der Waals surface area contributed by atoms with Gasteiger partial charge in [-0.1, -0.05) is 44.7 Å². The van der Waals surface area contributed by atoms with Gasteiger partial charge in [-0.3, -0.25) is 4.79 Å². The lowest BCUT2D eigenvalue weighted by Gasteiger charge is -2.21. The van der Waals surface area contributed by atoms with E-state index in [1.807, 2.05) is 19.1 Å². The summed E-state index contributed by atoms with van der Waals surface area (Å²) in [5.74, 6) is 1.58. The van der Waals surface area contributed by atoms with Crippen molar-refractivity contribution in [1.29, 1.82) is 0 Å². The third kappa shape index (κ3) is 4.23. The highest BCUT2D eigenvalue weighted by Gasteiger charge is 2.21. The van der Waals surface area contributed by atoms with Crippen molar-refractivity contribution >= 4 is 17.4 Å². The summed E-state index contributed by atoms with van der Waals surface area (Å²) in [6.45, 7) is 6.36. The van der Waals surface area contributed by atoms with Gasteiger partial charge in [0, 0.05) is 10.9 Å². The molecular formula is C18H25ClO2. The highest BCUT2D eigenvalue weighted by Crippen LogP contribution is 2.32. The zero-order valence-corrected chi connectivity index (χ0v) is 14.0. The Balaban J connectivity index is 2.02. The van der Waals surface area contributed by atoms with Gasteiger partial charge in [0.15, 0.2) is 5.78 Å². The van der Waals surface area contributed by atoms with Crippen molar-refractivity contribution in [2.45, 2.75) is 58.8 Å². The molecule has 2 rings (SSSR count). The van der Waals surface area contributed by atoms with Crippen LogP contribution in [0.4, 0.5) is 0 Å². The van der Waals surface area contributed by atoms with Gasteiger partial charge in [-0.2, -0.15) is 0 Å². The number of ketones is 1. The number of ether oxygens (including phenoxy) is 1. The number of aryl methyl sites for hydroxylation is 1. The number of carbonyl (C=O) groups excluding carboxylic acids is 1. The Labute approximate surface area is 132 Å². The predicted molar refractivity (Wildman–Crippen MR) is 87.4 cm³/mol. The highest BCUT2D eigenvalue weighted by molar-refractivity contribution is 6.31. The first kappa shape index (κ1) is 16.4. The number of hydrogen-bond acceptors (Lipinski definition) is 2. The number of hydrogen-bond donors (Lipinski definition) is 0. The average Bonchev–Trinajstić information content (AvgIpc) is 2.46. The molecule has 1 aromatic rings. The zero-order chi connectivity index (χ0) is 15.4. The lowest BCUT2D eigenvalue weighted by atomic mass is 9.86. The van der Waals surface area contributed by atoms with Crippen LogP contribution in [-0.2, 0) is 4.79 Å². The SMILES string of the molecule is Cc1cc(Cl)c(C(C)C)cc1OCC(=O)C1CCCCC1. The van der Waals surface area contributed by atoms with Crippen molar-refractivity contribution < 1.29 is 9.53 Å². The molecule has 1 saturated carbocycles. The van der Waals surface area contributed by atoms with Gasteiger partial charge in [-0.25, -0.2) is 0 Å². The number of rotatable bonds is 5. The summed E-state index contributed by atoms with van der Waals surface area (Å²) in [5.41, 5.74) is 2.06. The van der Waals surface area contributed by atoms with Gasteiger partial charge >= 0.3 is 0 Å². The molecule has 3 heteroatoms. The lowest BCUT2D eigenvalue weighted by Crippen LogP contribution is -2.23. The number of benzene rings is 1. The van der Waals surface area contributed by atoms with Crippen molar-refractivity contribution in [3.63, 3.8) is 0 Å². The van der Waals surface area contributed by atoms with Gasteiger partial charge < -0.3 is 4.74 Å². The van der Waals surface area contributed by atoms with E-state index in [-0.39, 0.29) is 18.3 Å². The second kappa shape index (κ2) is 7.31. The van der Waals surface area contributed by atoms with Crippen LogP contribution < -0.4 is 4.74 Å². The Morgan fingerprint density at radius 1 is 1.29 bits per heavy atom. The minimum atomic E-state index is 0.185. The standard InChI is InChI=1S/C18H25ClO2/c1-12(2)15-10-18(13(3)9-16(15)19)21-11-17(20)14-7-5-4-6-8-14/h9-10,12,14H,4-8,11H2,1-3H3. The molecule has 0 aliphatic heterocycles. The molecule has 0 atom stereocenters. The van der Waals surface area contributed by atoms with Gasteiger partial charge in [-0.05, 0) is 48.9 Å². The van der Waals surface area contributed by atoms with Crippen molar-refractivity contribution in [1.82, 2.24) is 0 Å². The third-order valence-corrected chi connectivity index (χ3v) is 4.67. The van der Waals surface area contributed by atoms with Gasteiger partial charge in [0.05, 0.1) is 0 Å². The minimum absolute atomic E-state index is 0.185. The van der Waals surface area contributed by atoms with E-state index < -0.39 is 0 Å². The van der Waals surface area contributed by atoms with Crippen LogP contribution in [0, 0.1) is 12.8 Å². The first-order chi connectivity index (χ1) is 9.99. The predicted octanol–water partition coefficient (Wildman–Crippen LogP) is 5.30. The van der Waals surface area contributed by atoms with Crippen LogP contribution in [0.15, 0.2) is 12.1 Å². The molecule has 0 bridgehead atoms. The molecule has 0 aromatic heterocycles. The second-order valence-electron chi connectivity index (χ2n) is 6.38. The van der Waals surface area contributed by atoms with Crippen molar-refractivity contribution in [3.05, 3.63) is 28.3 Å². The van der Waals surface area contributed by atoms with Crippen LogP contribution >= 0.6 is 11.6 Å². The maximum Gasteiger partial charge on any atom is 0.173 e. The summed E-state index contributed by atoms with van der Waals surface area (Å²) >= 11 is 6.26. The Bertz CT molecular complexity index is 502. The quantitative estimate of drug-likeness (QED) is 0.737. The molecule has 0 radical (unpaired) electrons. The highest BCUT2D eigenvalue weighted by atomic mass is 35.5. The van der Waals surface area contributed by atoms with Crippen LogP contribution in [0.2, 0.25) is 5.02 Å². The van der Waals surface area contributed by atoms with E-state index in [4.69, 9.17) is 16.3 Å². The first-order valence-corrected chi connectivity index (χ1v) is 8.32. The molecule has 0 unspecified atom stereocenters. The summed E-state index contributed by atoms with van der Waals surface area (Å²) in [7, 11) is 0. The Morgan fingerprint density at radius 3 is 2.57 bits per heavy atom. The molecule has 1 aromatic carbocycles. The molecule has 0 spiro atoms. The zero-order valence-electron chi connectivity index (χ0n) is 13.2. The van der Waals surface area contributed by atoms with Crippen LogP contribution in [0.1, 0.15) is 63.0 Å². The molecule has 0 heterocycles. The topological polar surface area (TPSA) is 26.3 Å². The summed E-state index contributed by atoms with van der Waals surface area (Å²) < 4.78 is 5.79. The fourth-order valence-corrected chi connectivity index (χ4v) is 3.39. The van der Waals surface area contributed by atoms with Gasteiger partial charge in [0.2, 0.25) is 0 Å². The average molecular weight is 309 g/mol. The fourth-order valence-electron chi connectivity index (χ4n) is 2.96. The Morgan fingerprint density at radius 2 is 1.95 bits per heavy atom. The maximum absolute atomic E-state index is 12.2. The van der Waals surface area contributed by atoms with Gasteiger partial charge in [-0.15, -0.1) is 0 Å². The van der Waals surface area contributed by atoms with Crippen LogP contribution in [0.3, 0.4) is 0 Å². The summed E-state index contributed by atoms with van der Waals surface area (Å²) in [6.07, 6.45) is 5.67. The molecule has 0 N–H and O–H groups in total. The van der Waals surface area contributed by atoms with E-state index >= 15 is 0 Å².